The van der Waals surface area contributed by atoms with Gasteiger partial charge in [0.25, 0.3) is 0 Å². The first-order chi connectivity index (χ1) is 13.3. The molecular weight excluding hydrogens is 375 g/mol. The van der Waals surface area contributed by atoms with Crippen molar-refractivity contribution in [2.75, 3.05) is 0 Å². The summed E-state index contributed by atoms with van der Waals surface area (Å²) in [5.41, 5.74) is 2.46. The Morgan fingerprint density at radius 2 is 1.86 bits per heavy atom. The van der Waals surface area contributed by atoms with Crippen LogP contribution >= 0.6 is 0 Å². The zero-order valence-corrected chi connectivity index (χ0v) is 14.1. The maximum absolute atomic E-state index is 12.5. The molecule has 0 aliphatic carbocycles. The summed E-state index contributed by atoms with van der Waals surface area (Å²) in [6.45, 7) is 0. The van der Waals surface area contributed by atoms with Gasteiger partial charge in [0.15, 0.2) is 11.6 Å². The number of nitrogens with zero attached hydrogens (tertiary/aromatic N) is 3. The van der Waals surface area contributed by atoms with Crippen molar-refractivity contribution in [1.82, 2.24) is 25.4 Å². The van der Waals surface area contributed by atoms with E-state index in [1.54, 1.807) is 30.3 Å². The highest BCUT2D eigenvalue weighted by molar-refractivity contribution is 5.97. The third kappa shape index (κ3) is 3.43. The largest absolute Gasteiger partial charge is 0.478 e. The minimum absolute atomic E-state index is 0.122. The van der Waals surface area contributed by atoms with Crippen LogP contribution in [0.1, 0.15) is 16.2 Å². The molecule has 2 aromatic carbocycles. The fourth-order valence-electron chi connectivity index (χ4n) is 2.86. The summed E-state index contributed by atoms with van der Waals surface area (Å²) < 4.78 is 37.5. The standard InChI is InChI=1S/C18H12F3N5O2/c19-18(20,21)8-14-22-16(26-24-14)10-4-5-13-12(7-10)15(25-23-13)9-2-1-3-11(6-9)17(27)28/h1-7H,8H2,(H,23,25)(H,27,28)(H,22,24,26). The number of alkyl halides is 3. The Labute approximate surface area is 155 Å². The number of H-pyrrole nitrogens is 2. The number of carbonyl (C=O) groups is 1. The molecule has 0 spiro atoms. The van der Waals surface area contributed by atoms with Crippen LogP contribution in [0.15, 0.2) is 42.5 Å². The summed E-state index contributed by atoms with van der Waals surface area (Å²) in [6, 6.07) is 11.4. The minimum Gasteiger partial charge on any atom is -0.478 e. The van der Waals surface area contributed by atoms with Crippen molar-refractivity contribution >= 4 is 16.9 Å². The Balaban J connectivity index is 1.75. The molecule has 3 N–H and O–H groups in total. The lowest BCUT2D eigenvalue weighted by molar-refractivity contribution is -0.128. The van der Waals surface area contributed by atoms with Gasteiger partial charge in [0.1, 0.15) is 6.42 Å². The van der Waals surface area contributed by atoms with Crippen molar-refractivity contribution < 1.29 is 23.1 Å². The normalized spacial score (nSPS) is 11.8. The first-order valence-corrected chi connectivity index (χ1v) is 8.10. The van der Waals surface area contributed by atoms with Gasteiger partial charge in [-0.2, -0.15) is 23.4 Å². The summed E-state index contributed by atoms with van der Waals surface area (Å²) in [4.78, 5) is 15.1. The van der Waals surface area contributed by atoms with E-state index in [4.69, 9.17) is 5.11 Å². The molecule has 10 heteroatoms. The zero-order valence-electron chi connectivity index (χ0n) is 14.1. The highest BCUT2D eigenvalue weighted by Crippen LogP contribution is 2.30. The third-order valence-electron chi connectivity index (χ3n) is 4.11. The average molecular weight is 387 g/mol. The van der Waals surface area contributed by atoms with E-state index in [0.717, 1.165) is 0 Å². The van der Waals surface area contributed by atoms with Gasteiger partial charge in [-0.15, -0.1) is 0 Å². The van der Waals surface area contributed by atoms with Crippen LogP contribution in [-0.4, -0.2) is 42.6 Å². The van der Waals surface area contributed by atoms with Crippen LogP contribution in [0, 0.1) is 0 Å². The summed E-state index contributed by atoms with van der Waals surface area (Å²) >= 11 is 0. The number of halogens is 3. The number of hydrogen-bond acceptors (Lipinski definition) is 4. The second-order valence-electron chi connectivity index (χ2n) is 6.11. The van der Waals surface area contributed by atoms with Crippen LogP contribution in [0.4, 0.5) is 13.2 Å². The summed E-state index contributed by atoms with van der Waals surface area (Å²) in [6.07, 6.45) is -5.61. The van der Waals surface area contributed by atoms with Crippen LogP contribution in [0.3, 0.4) is 0 Å². The van der Waals surface area contributed by atoms with Crippen molar-refractivity contribution in [3.63, 3.8) is 0 Å². The Kier molecular flexibility index (Phi) is 4.10. The molecule has 0 radical (unpaired) electrons. The van der Waals surface area contributed by atoms with E-state index < -0.39 is 18.6 Å². The zero-order chi connectivity index (χ0) is 19.9. The Morgan fingerprint density at radius 1 is 1.04 bits per heavy atom. The molecule has 2 aromatic heterocycles. The van der Waals surface area contributed by atoms with E-state index in [0.29, 0.717) is 27.7 Å². The van der Waals surface area contributed by atoms with Crippen LogP contribution in [0.5, 0.6) is 0 Å². The molecule has 28 heavy (non-hydrogen) atoms. The molecule has 0 saturated carbocycles. The number of hydrogen-bond donors (Lipinski definition) is 3. The number of fused-ring (bicyclic) bond motifs is 1. The van der Waals surface area contributed by atoms with Gasteiger partial charge in [0, 0.05) is 16.5 Å². The smallest absolute Gasteiger partial charge is 0.396 e. The Hall–Kier alpha value is -3.69. The number of carboxylic acid groups (broad SMARTS) is 1. The second kappa shape index (κ2) is 6.48. The number of aromatic carboxylic acids is 1. The fourth-order valence-corrected chi connectivity index (χ4v) is 2.86. The van der Waals surface area contributed by atoms with E-state index in [1.807, 2.05) is 0 Å². The quantitative estimate of drug-likeness (QED) is 0.493. The van der Waals surface area contributed by atoms with Gasteiger partial charge in [0.2, 0.25) is 0 Å². The molecule has 0 bridgehead atoms. The molecule has 0 unspecified atom stereocenters. The van der Waals surface area contributed by atoms with Gasteiger partial charge in [-0.1, -0.05) is 12.1 Å². The van der Waals surface area contributed by atoms with E-state index in [-0.39, 0.29) is 17.2 Å². The van der Waals surface area contributed by atoms with Crippen LogP contribution in [-0.2, 0) is 6.42 Å². The van der Waals surface area contributed by atoms with Gasteiger partial charge >= 0.3 is 12.1 Å². The molecule has 4 aromatic rings. The molecule has 4 rings (SSSR count). The number of rotatable bonds is 4. The van der Waals surface area contributed by atoms with E-state index >= 15 is 0 Å². The molecule has 7 nitrogen and oxygen atoms in total. The number of aromatic nitrogens is 5. The molecule has 2 heterocycles. The Morgan fingerprint density at radius 3 is 2.61 bits per heavy atom. The van der Waals surface area contributed by atoms with E-state index in [1.165, 1.54) is 12.1 Å². The first kappa shape index (κ1) is 17.7. The second-order valence-corrected chi connectivity index (χ2v) is 6.11. The van der Waals surface area contributed by atoms with Crippen molar-refractivity contribution in [1.29, 1.82) is 0 Å². The van der Waals surface area contributed by atoms with Gasteiger partial charge in [-0.05, 0) is 30.3 Å². The predicted octanol–water partition coefficient (Wildman–Crippen LogP) is 3.82. The molecule has 142 valence electrons. The van der Waals surface area contributed by atoms with Crippen molar-refractivity contribution in [3.05, 3.63) is 53.9 Å². The molecular formula is C18H12F3N5O2. The topological polar surface area (TPSA) is 108 Å². The van der Waals surface area contributed by atoms with Crippen LogP contribution in [0.25, 0.3) is 33.5 Å². The van der Waals surface area contributed by atoms with Gasteiger partial charge < -0.3 is 5.11 Å². The Bertz CT molecular complexity index is 1180. The number of nitrogens with one attached hydrogen (secondary N) is 2. The van der Waals surface area contributed by atoms with Crippen molar-refractivity contribution in [2.24, 2.45) is 0 Å². The number of benzene rings is 2. The molecule has 0 aliphatic rings. The van der Waals surface area contributed by atoms with E-state index in [9.17, 15) is 18.0 Å². The maximum Gasteiger partial charge on any atom is 0.396 e. The first-order valence-electron chi connectivity index (χ1n) is 8.10. The lowest BCUT2D eigenvalue weighted by Gasteiger charge is -2.02. The van der Waals surface area contributed by atoms with Crippen LogP contribution < -0.4 is 0 Å². The molecule has 0 aliphatic heterocycles. The maximum atomic E-state index is 12.5. The highest BCUT2D eigenvalue weighted by Gasteiger charge is 2.30. The van der Waals surface area contributed by atoms with Gasteiger partial charge in [-0.25, -0.2) is 9.78 Å². The predicted molar refractivity (Wildman–Crippen MR) is 93.6 cm³/mol. The highest BCUT2D eigenvalue weighted by atomic mass is 19.4. The monoisotopic (exact) mass is 387 g/mol. The average Bonchev–Trinajstić information content (AvgIpc) is 3.26. The lowest BCUT2D eigenvalue weighted by atomic mass is 10.0. The molecule has 0 fully saturated rings. The van der Waals surface area contributed by atoms with Gasteiger partial charge in [-0.3, -0.25) is 10.2 Å². The van der Waals surface area contributed by atoms with E-state index in [2.05, 4.69) is 25.4 Å². The number of aromatic amines is 2. The van der Waals surface area contributed by atoms with Crippen molar-refractivity contribution in [2.45, 2.75) is 12.6 Å². The SMILES string of the molecule is O=C(O)c1cccc(-c2n[nH]c3ccc(-c4nc(CC(F)(F)F)n[nH]4)cc23)c1. The number of carboxylic acids is 1. The summed E-state index contributed by atoms with van der Waals surface area (Å²) in [7, 11) is 0. The fraction of sp³-hybridized carbons (Fsp3) is 0.111. The molecule has 0 saturated heterocycles. The lowest BCUT2D eigenvalue weighted by Crippen LogP contribution is -2.12. The molecule has 0 amide bonds. The van der Waals surface area contributed by atoms with Crippen LogP contribution in [0.2, 0.25) is 0 Å². The summed E-state index contributed by atoms with van der Waals surface area (Å²) in [5.74, 6) is -1.20. The van der Waals surface area contributed by atoms with Gasteiger partial charge in [0.05, 0.1) is 16.8 Å². The third-order valence-corrected chi connectivity index (χ3v) is 4.11. The summed E-state index contributed by atoms with van der Waals surface area (Å²) in [5, 5.41) is 23.1. The minimum atomic E-state index is -4.39. The molecule has 0 atom stereocenters. The van der Waals surface area contributed by atoms with Crippen molar-refractivity contribution in [3.8, 4) is 22.6 Å².